The van der Waals surface area contributed by atoms with Crippen molar-refractivity contribution >= 4 is 17.5 Å². The van der Waals surface area contributed by atoms with Gasteiger partial charge in [-0.2, -0.15) is 5.10 Å². The molecule has 1 aromatic rings. The summed E-state index contributed by atoms with van der Waals surface area (Å²) in [4.78, 5) is 14.1. The molecule has 1 aliphatic heterocycles. The number of hydrogen-bond donors (Lipinski definition) is 0. The minimum Gasteiger partial charge on any atom is -0.372 e. The number of carbonyl (C=O) groups is 1. The van der Waals surface area contributed by atoms with Gasteiger partial charge in [0.1, 0.15) is 5.69 Å². The molecule has 1 saturated heterocycles. The molecule has 0 spiro atoms. The second-order valence-corrected chi connectivity index (χ2v) is 4.84. The summed E-state index contributed by atoms with van der Waals surface area (Å²) < 4.78 is 7.10. The molecule has 2 rings (SSSR count). The van der Waals surface area contributed by atoms with Crippen LogP contribution in [0.15, 0.2) is 6.20 Å². The van der Waals surface area contributed by atoms with Gasteiger partial charge in [0.25, 0.3) is 5.91 Å². The predicted octanol–water partition coefficient (Wildman–Crippen LogP) is 1.32. The largest absolute Gasteiger partial charge is 0.372 e. The van der Waals surface area contributed by atoms with Crippen LogP contribution >= 0.6 is 11.6 Å². The zero-order valence-electron chi connectivity index (χ0n) is 10.2. The lowest BCUT2D eigenvalue weighted by Crippen LogP contribution is -2.48. The number of morpholine rings is 1. The molecule has 5 nitrogen and oxygen atoms in total. The van der Waals surface area contributed by atoms with Crippen molar-refractivity contribution in [2.45, 2.75) is 26.1 Å². The Morgan fingerprint density at radius 2 is 2.06 bits per heavy atom. The Labute approximate surface area is 105 Å². The topological polar surface area (TPSA) is 47.4 Å². The van der Waals surface area contributed by atoms with Crippen molar-refractivity contribution in [2.24, 2.45) is 7.05 Å². The van der Waals surface area contributed by atoms with Crippen molar-refractivity contribution in [1.29, 1.82) is 0 Å². The average molecular weight is 258 g/mol. The maximum absolute atomic E-state index is 12.3. The number of ether oxygens (including phenoxy) is 1. The first kappa shape index (κ1) is 12.4. The standard InChI is InChI=1S/C11H16ClN3O2/c1-7-5-15(6-8(2)17-7)11(16)10-9(12)4-13-14(10)3/h4,7-8H,5-6H2,1-3H3/t7-,8+. The van der Waals surface area contributed by atoms with E-state index in [2.05, 4.69) is 5.10 Å². The van der Waals surface area contributed by atoms with Crippen LogP contribution in [0.1, 0.15) is 24.3 Å². The average Bonchev–Trinajstić information content (AvgIpc) is 2.56. The molecule has 0 N–H and O–H groups in total. The number of nitrogens with zero attached hydrogens (tertiary/aromatic N) is 3. The Kier molecular flexibility index (Phi) is 3.40. The molecule has 1 amide bonds. The van der Waals surface area contributed by atoms with E-state index in [1.54, 1.807) is 11.9 Å². The smallest absolute Gasteiger partial charge is 0.273 e. The van der Waals surface area contributed by atoms with Crippen LogP contribution in [0.25, 0.3) is 0 Å². The Morgan fingerprint density at radius 1 is 1.47 bits per heavy atom. The van der Waals surface area contributed by atoms with Crippen LogP contribution in [-0.4, -0.2) is 45.9 Å². The number of halogens is 1. The molecule has 2 atom stereocenters. The highest BCUT2D eigenvalue weighted by molar-refractivity contribution is 6.33. The van der Waals surface area contributed by atoms with E-state index in [1.807, 2.05) is 13.8 Å². The van der Waals surface area contributed by atoms with Gasteiger partial charge in [-0.25, -0.2) is 0 Å². The van der Waals surface area contributed by atoms with Gasteiger partial charge in [0, 0.05) is 20.1 Å². The molecule has 0 aromatic carbocycles. The minimum absolute atomic E-state index is 0.0507. The number of aromatic nitrogens is 2. The van der Waals surface area contributed by atoms with E-state index in [9.17, 15) is 4.79 Å². The van der Waals surface area contributed by atoms with Crippen molar-refractivity contribution in [3.05, 3.63) is 16.9 Å². The third-order valence-corrected chi connectivity index (χ3v) is 3.08. The lowest BCUT2D eigenvalue weighted by molar-refractivity contribution is -0.0588. The molecule has 6 heteroatoms. The third-order valence-electron chi connectivity index (χ3n) is 2.80. The van der Waals surface area contributed by atoms with E-state index in [4.69, 9.17) is 16.3 Å². The summed E-state index contributed by atoms with van der Waals surface area (Å²) in [5.41, 5.74) is 0.438. The molecule has 0 radical (unpaired) electrons. The second-order valence-electron chi connectivity index (χ2n) is 4.43. The van der Waals surface area contributed by atoms with Crippen LogP contribution in [0, 0.1) is 0 Å². The molecule has 1 aliphatic rings. The van der Waals surface area contributed by atoms with Crippen LogP contribution in [0.4, 0.5) is 0 Å². The van der Waals surface area contributed by atoms with Crippen LogP contribution < -0.4 is 0 Å². The normalized spacial score (nSPS) is 25.1. The Balaban J connectivity index is 2.20. The van der Waals surface area contributed by atoms with Gasteiger partial charge in [-0.05, 0) is 13.8 Å². The Hall–Kier alpha value is -1.07. The first-order chi connectivity index (χ1) is 7.99. The first-order valence-electron chi connectivity index (χ1n) is 5.61. The van der Waals surface area contributed by atoms with E-state index in [0.29, 0.717) is 23.8 Å². The summed E-state index contributed by atoms with van der Waals surface area (Å²) in [5.74, 6) is -0.0861. The Morgan fingerprint density at radius 3 is 2.53 bits per heavy atom. The van der Waals surface area contributed by atoms with Crippen molar-refractivity contribution in [3.63, 3.8) is 0 Å². The van der Waals surface area contributed by atoms with Crippen LogP contribution in [0.3, 0.4) is 0 Å². The molecule has 0 bridgehead atoms. The monoisotopic (exact) mass is 257 g/mol. The maximum atomic E-state index is 12.3. The van der Waals surface area contributed by atoms with Gasteiger partial charge in [-0.3, -0.25) is 9.48 Å². The van der Waals surface area contributed by atoms with E-state index >= 15 is 0 Å². The van der Waals surface area contributed by atoms with Gasteiger partial charge in [-0.15, -0.1) is 0 Å². The summed E-state index contributed by atoms with van der Waals surface area (Å²) in [5, 5.41) is 4.37. The molecule has 0 aliphatic carbocycles. The van der Waals surface area contributed by atoms with Crippen molar-refractivity contribution in [2.75, 3.05) is 13.1 Å². The SMILES string of the molecule is C[C@@H]1CN(C(=O)c2c(Cl)cnn2C)C[C@H](C)O1. The molecule has 1 fully saturated rings. The predicted molar refractivity (Wildman–Crippen MR) is 64.1 cm³/mol. The molecule has 17 heavy (non-hydrogen) atoms. The highest BCUT2D eigenvalue weighted by atomic mass is 35.5. The zero-order valence-corrected chi connectivity index (χ0v) is 10.9. The van der Waals surface area contributed by atoms with E-state index < -0.39 is 0 Å². The lowest BCUT2D eigenvalue weighted by Gasteiger charge is -2.35. The fourth-order valence-electron chi connectivity index (χ4n) is 2.14. The summed E-state index contributed by atoms with van der Waals surface area (Å²) in [6.45, 7) is 5.09. The first-order valence-corrected chi connectivity index (χ1v) is 5.99. The van der Waals surface area contributed by atoms with Crippen LogP contribution in [0.2, 0.25) is 5.02 Å². The van der Waals surface area contributed by atoms with Gasteiger partial charge >= 0.3 is 0 Å². The number of carbonyl (C=O) groups excluding carboxylic acids is 1. The number of amides is 1. The van der Waals surface area contributed by atoms with Crippen molar-refractivity contribution < 1.29 is 9.53 Å². The molecule has 2 heterocycles. The fourth-order valence-corrected chi connectivity index (χ4v) is 2.39. The number of hydrogen-bond acceptors (Lipinski definition) is 3. The summed E-state index contributed by atoms with van der Waals surface area (Å²) in [6, 6.07) is 0. The van der Waals surface area contributed by atoms with Gasteiger partial charge < -0.3 is 9.64 Å². The van der Waals surface area contributed by atoms with Crippen LogP contribution in [0.5, 0.6) is 0 Å². The zero-order chi connectivity index (χ0) is 12.6. The van der Waals surface area contributed by atoms with E-state index in [1.165, 1.54) is 10.9 Å². The van der Waals surface area contributed by atoms with Gasteiger partial charge in [0.15, 0.2) is 0 Å². The summed E-state index contributed by atoms with van der Waals surface area (Å²) in [6.07, 6.45) is 1.59. The fraction of sp³-hybridized carbons (Fsp3) is 0.636. The third kappa shape index (κ3) is 2.45. The highest BCUT2D eigenvalue weighted by Crippen LogP contribution is 2.19. The van der Waals surface area contributed by atoms with Gasteiger partial charge in [-0.1, -0.05) is 11.6 Å². The van der Waals surface area contributed by atoms with E-state index in [-0.39, 0.29) is 18.1 Å². The van der Waals surface area contributed by atoms with Crippen molar-refractivity contribution in [1.82, 2.24) is 14.7 Å². The number of aryl methyl sites for hydroxylation is 1. The molecular weight excluding hydrogens is 242 g/mol. The highest BCUT2D eigenvalue weighted by Gasteiger charge is 2.29. The molecule has 0 unspecified atom stereocenters. The van der Waals surface area contributed by atoms with Gasteiger partial charge in [0.05, 0.1) is 23.4 Å². The summed E-state index contributed by atoms with van der Waals surface area (Å²) >= 11 is 5.97. The van der Waals surface area contributed by atoms with Gasteiger partial charge in [0.2, 0.25) is 0 Å². The van der Waals surface area contributed by atoms with E-state index in [0.717, 1.165) is 0 Å². The second kappa shape index (κ2) is 4.66. The molecule has 94 valence electrons. The number of rotatable bonds is 1. The summed E-state index contributed by atoms with van der Waals surface area (Å²) in [7, 11) is 1.71. The lowest BCUT2D eigenvalue weighted by atomic mass is 10.2. The molecule has 1 aromatic heterocycles. The quantitative estimate of drug-likeness (QED) is 0.762. The minimum atomic E-state index is -0.0861. The maximum Gasteiger partial charge on any atom is 0.273 e. The Bertz CT molecular complexity index is 403. The van der Waals surface area contributed by atoms with Crippen molar-refractivity contribution in [3.8, 4) is 0 Å². The molecular formula is C11H16ClN3O2. The molecule has 0 saturated carbocycles. The van der Waals surface area contributed by atoms with Crippen LogP contribution in [-0.2, 0) is 11.8 Å².